The predicted molar refractivity (Wildman–Crippen MR) is 100 cm³/mol. The Balaban J connectivity index is 1.42. The number of amides is 1. The molecule has 132 valence electrons. The number of aromatic nitrogens is 2. The van der Waals surface area contributed by atoms with Crippen LogP contribution in [0, 0.1) is 6.92 Å². The van der Waals surface area contributed by atoms with Crippen LogP contribution >= 0.6 is 0 Å². The van der Waals surface area contributed by atoms with Crippen LogP contribution in [0.3, 0.4) is 0 Å². The van der Waals surface area contributed by atoms with E-state index in [2.05, 4.69) is 32.5 Å². The highest BCUT2D eigenvalue weighted by molar-refractivity contribution is 6.04. The Morgan fingerprint density at radius 2 is 1.69 bits per heavy atom. The number of hydrogen-bond donors (Lipinski definition) is 1. The second-order valence-corrected chi connectivity index (χ2v) is 6.40. The third-order valence-corrected chi connectivity index (χ3v) is 4.52. The van der Waals surface area contributed by atoms with E-state index in [1.54, 1.807) is 31.2 Å². The van der Waals surface area contributed by atoms with E-state index in [9.17, 15) is 4.79 Å². The zero-order valence-electron chi connectivity index (χ0n) is 14.6. The van der Waals surface area contributed by atoms with E-state index in [-0.39, 0.29) is 5.91 Å². The van der Waals surface area contributed by atoms with E-state index in [1.165, 1.54) is 18.5 Å². The van der Waals surface area contributed by atoms with Crippen LogP contribution in [0.15, 0.2) is 52.9 Å². The topological polar surface area (TPSA) is 71.3 Å². The molecule has 1 saturated heterocycles. The first kappa shape index (κ1) is 16.3. The maximum atomic E-state index is 12.4. The molecule has 4 rings (SSSR count). The summed E-state index contributed by atoms with van der Waals surface area (Å²) < 4.78 is 5.39. The molecule has 1 aromatic heterocycles. The van der Waals surface area contributed by atoms with Crippen molar-refractivity contribution in [1.82, 2.24) is 10.2 Å². The Morgan fingerprint density at radius 1 is 1.00 bits per heavy atom. The third kappa shape index (κ3) is 3.44. The number of anilines is 2. The van der Waals surface area contributed by atoms with E-state index in [0.717, 1.165) is 24.3 Å². The minimum Gasteiger partial charge on any atom is -0.421 e. The van der Waals surface area contributed by atoms with Gasteiger partial charge in [-0.05, 0) is 61.4 Å². The summed E-state index contributed by atoms with van der Waals surface area (Å²) in [5.41, 5.74) is 3.36. The van der Waals surface area contributed by atoms with Gasteiger partial charge in [0.25, 0.3) is 5.91 Å². The molecule has 2 heterocycles. The van der Waals surface area contributed by atoms with Crippen molar-refractivity contribution in [3.63, 3.8) is 0 Å². The molecule has 26 heavy (non-hydrogen) atoms. The number of rotatable bonds is 4. The summed E-state index contributed by atoms with van der Waals surface area (Å²) in [6.07, 6.45) is 2.50. The first-order valence-electron chi connectivity index (χ1n) is 8.76. The first-order valence-corrected chi connectivity index (χ1v) is 8.76. The number of aryl methyl sites for hydroxylation is 1. The molecule has 0 unspecified atom stereocenters. The zero-order valence-corrected chi connectivity index (χ0v) is 14.6. The lowest BCUT2D eigenvalue weighted by Gasteiger charge is -2.17. The molecule has 0 aliphatic carbocycles. The summed E-state index contributed by atoms with van der Waals surface area (Å²) in [6, 6.07) is 15.1. The van der Waals surface area contributed by atoms with Gasteiger partial charge >= 0.3 is 0 Å². The van der Waals surface area contributed by atoms with Gasteiger partial charge < -0.3 is 14.6 Å². The fourth-order valence-electron chi connectivity index (χ4n) is 3.11. The van der Waals surface area contributed by atoms with Crippen LogP contribution in [-0.4, -0.2) is 29.2 Å². The van der Waals surface area contributed by atoms with Gasteiger partial charge in [-0.3, -0.25) is 4.79 Å². The van der Waals surface area contributed by atoms with E-state index in [0.29, 0.717) is 17.3 Å². The zero-order chi connectivity index (χ0) is 17.9. The second kappa shape index (κ2) is 7.00. The predicted octanol–water partition coefficient (Wildman–Crippen LogP) is 3.90. The summed E-state index contributed by atoms with van der Waals surface area (Å²) in [6.45, 7) is 3.96. The van der Waals surface area contributed by atoms with Crippen LogP contribution in [0.4, 0.5) is 11.4 Å². The average Bonchev–Trinajstić information content (AvgIpc) is 3.34. The molecular formula is C20H20N4O2. The van der Waals surface area contributed by atoms with Crippen LogP contribution in [0.1, 0.15) is 29.1 Å². The molecule has 1 fully saturated rings. The Bertz CT molecular complexity index is 894. The highest BCUT2D eigenvalue weighted by atomic mass is 16.4. The Morgan fingerprint density at radius 3 is 2.31 bits per heavy atom. The van der Waals surface area contributed by atoms with Crippen molar-refractivity contribution in [1.29, 1.82) is 0 Å². The maximum Gasteiger partial charge on any atom is 0.255 e. The van der Waals surface area contributed by atoms with Gasteiger partial charge in [-0.25, -0.2) is 0 Å². The summed E-state index contributed by atoms with van der Waals surface area (Å²) in [5, 5.41) is 10.7. The Kier molecular flexibility index (Phi) is 4.39. The minimum absolute atomic E-state index is 0.146. The van der Waals surface area contributed by atoms with Crippen LogP contribution in [0.25, 0.3) is 11.5 Å². The van der Waals surface area contributed by atoms with Gasteiger partial charge in [-0.15, -0.1) is 10.2 Å². The van der Waals surface area contributed by atoms with Crippen molar-refractivity contribution in [2.75, 3.05) is 23.3 Å². The minimum atomic E-state index is -0.146. The summed E-state index contributed by atoms with van der Waals surface area (Å²) in [4.78, 5) is 14.8. The molecule has 0 radical (unpaired) electrons. The number of benzene rings is 2. The third-order valence-electron chi connectivity index (χ3n) is 4.52. The molecule has 0 bridgehead atoms. The van der Waals surface area contributed by atoms with Crippen molar-refractivity contribution in [3.05, 3.63) is 60.0 Å². The molecule has 1 aliphatic heterocycles. The highest BCUT2D eigenvalue weighted by Crippen LogP contribution is 2.23. The van der Waals surface area contributed by atoms with Gasteiger partial charge in [0.15, 0.2) is 0 Å². The quantitative estimate of drug-likeness (QED) is 0.774. The summed E-state index contributed by atoms with van der Waals surface area (Å²) in [5.74, 6) is 0.818. The van der Waals surface area contributed by atoms with E-state index in [4.69, 9.17) is 4.42 Å². The van der Waals surface area contributed by atoms with Gasteiger partial charge in [0, 0.05) is 42.5 Å². The molecule has 1 aliphatic rings. The summed E-state index contributed by atoms with van der Waals surface area (Å²) >= 11 is 0. The maximum absolute atomic E-state index is 12.4. The van der Waals surface area contributed by atoms with Gasteiger partial charge in [-0.2, -0.15) is 0 Å². The van der Waals surface area contributed by atoms with Crippen molar-refractivity contribution in [3.8, 4) is 11.5 Å². The molecule has 0 atom stereocenters. The van der Waals surface area contributed by atoms with Crippen molar-refractivity contribution < 1.29 is 9.21 Å². The van der Waals surface area contributed by atoms with Gasteiger partial charge in [-0.1, -0.05) is 0 Å². The van der Waals surface area contributed by atoms with E-state index in [1.807, 2.05) is 12.1 Å². The molecule has 0 saturated carbocycles. The fraction of sp³-hybridized carbons (Fsp3) is 0.250. The second-order valence-electron chi connectivity index (χ2n) is 6.40. The lowest BCUT2D eigenvalue weighted by molar-refractivity contribution is 0.102. The molecule has 3 aromatic rings. The SMILES string of the molecule is Cc1nnc(-c2ccc(C(=O)Nc3ccc(N4CCCC4)cc3)cc2)o1. The Labute approximate surface area is 151 Å². The van der Waals surface area contributed by atoms with Crippen LogP contribution in [0.5, 0.6) is 0 Å². The molecule has 6 nitrogen and oxygen atoms in total. The molecule has 6 heteroatoms. The lowest BCUT2D eigenvalue weighted by atomic mass is 10.1. The summed E-state index contributed by atoms with van der Waals surface area (Å²) in [7, 11) is 0. The number of nitrogens with one attached hydrogen (secondary N) is 1. The van der Waals surface area contributed by atoms with Gasteiger partial charge in [0.05, 0.1) is 0 Å². The normalized spacial score (nSPS) is 13.8. The average molecular weight is 348 g/mol. The standard InChI is InChI=1S/C20H20N4O2/c1-14-22-23-20(26-14)16-6-4-15(5-7-16)19(25)21-17-8-10-18(11-9-17)24-12-2-3-13-24/h4-11H,2-3,12-13H2,1H3,(H,21,25). The van der Waals surface area contributed by atoms with Crippen LogP contribution in [0.2, 0.25) is 0 Å². The van der Waals surface area contributed by atoms with Crippen molar-refractivity contribution in [2.24, 2.45) is 0 Å². The van der Waals surface area contributed by atoms with Crippen molar-refractivity contribution >= 4 is 17.3 Å². The number of hydrogen-bond acceptors (Lipinski definition) is 5. The van der Waals surface area contributed by atoms with Gasteiger partial charge in [0.2, 0.25) is 11.8 Å². The smallest absolute Gasteiger partial charge is 0.255 e. The number of carbonyl (C=O) groups excluding carboxylic acids is 1. The van der Waals surface area contributed by atoms with E-state index >= 15 is 0 Å². The Hall–Kier alpha value is -3.15. The number of carbonyl (C=O) groups is 1. The van der Waals surface area contributed by atoms with Gasteiger partial charge in [0.1, 0.15) is 0 Å². The molecule has 1 amide bonds. The molecule has 2 aromatic carbocycles. The molecular weight excluding hydrogens is 328 g/mol. The lowest BCUT2D eigenvalue weighted by Crippen LogP contribution is -2.17. The number of nitrogens with zero attached hydrogens (tertiary/aromatic N) is 3. The van der Waals surface area contributed by atoms with Crippen LogP contribution in [-0.2, 0) is 0 Å². The van der Waals surface area contributed by atoms with E-state index < -0.39 is 0 Å². The molecule has 0 spiro atoms. The van der Waals surface area contributed by atoms with Crippen LogP contribution < -0.4 is 10.2 Å². The fourth-order valence-corrected chi connectivity index (χ4v) is 3.11. The highest BCUT2D eigenvalue weighted by Gasteiger charge is 2.13. The largest absolute Gasteiger partial charge is 0.421 e. The van der Waals surface area contributed by atoms with Crippen molar-refractivity contribution in [2.45, 2.75) is 19.8 Å². The molecule has 1 N–H and O–H groups in total. The monoisotopic (exact) mass is 348 g/mol. The first-order chi connectivity index (χ1) is 12.7.